The summed E-state index contributed by atoms with van der Waals surface area (Å²) in [6, 6.07) is 0. The van der Waals surface area contributed by atoms with Crippen molar-refractivity contribution in [1.29, 1.82) is 0 Å². The Balaban J connectivity index is 2.44. The highest BCUT2D eigenvalue weighted by Crippen LogP contribution is 1.94. The molecule has 12 heavy (non-hydrogen) atoms. The fourth-order valence-corrected chi connectivity index (χ4v) is 0.922. The lowest BCUT2D eigenvalue weighted by molar-refractivity contribution is 0.777. The summed E-state index contributed by atoms with van der Waals surface area (Å²) in [5.41, 5.74) is 10.3. The van der Waals surface area contributed by atoms with Crippen molar-refractivity contribution in [1.82, 2.24) is 9.55 Å². The number of aromatic nitrogens is 2. The van der Waals surface area contributed by atoms with Crippen LogP contribution in [0.5, 0.6) is 0 Å². The first-order valence-electron chi connectivity index (χ1n) is 3.71. The van der Waals surface area contributed by atoms with Gasteiger partial charge in [0.2, 0.25) is 0 Å². The topological polar surface area (TPSA) is 82.2 Å². The van der Waals surface area contributed by atoms with Crippen LogP contribution in [-0.4, -0.2) is 22.1 Å². The average Bonchev–Trinajstić information content (AvgIpc) is 2.36. The standard InChI is InChI=1S/C7H13N5/c1-12-5-4-10-6(12)2-3-11-7(8)9/h4-5H,2-3H2,1H3,(H4,8,9,11). The molecule has 0 radical (unpaired) electrons. The van der Waals surface area contributed by atoms with Crippen LogP contribution < -0.4 is 11.5 Å². The van der Waals surface area contributed by atoms with Gasteiger partial charge in [0.25, 0.3) is 0 Å². The molecule has 1 heterocycles. The SMILES string of the molecule is Cn1ccnc1CCN=C(N)N. The normalized spacial score (nSPS) is 9.75. The van der Waals surface area contributed by atoms with Crippen molar-refractivity contribution >= 4 is 5.96 Å². The van der Waals surface area contributed by atoms with Crippen LogP contribution in [-0.2, 0) is 13.5 Å². The molecule has 5 heteroatoms. The largest absolute Gasteiger partial charge is 0.370 e. The number of rotatable bonds is 3. The third-order valence-corrected chi connectivity index (χ3v) is 1.55. The monoisotopic (exact) mass is 167 g/mol. The fourth-order valence-electron chi connectivity index (χ4n) is 0.922. The first-order chi connectivity index (χ1) is 5.70. The molecule has 0 unspecified atom stereocenters. The van der Waals surface area contributed by atoms with E-state index in [2.05, 4.69) is 9.98 Å². The minimum Gasteiger partial charge on any atom is -0.370 e. The summed E-state index contributed by atoms with van der Waals surface area (Å²) in [5, 5.41) is 0. The molecule has 4 N–H and O–H groups in total. The van der Waals surface area contributed by atoms with Crippen molar-refractivity contribution in [3.8, 4) is 0 Å². The number of nitrogens with two attached hydrogens (primary N) is 2. The summed E-state index contributed by atoms with van der Waals surface area (Å²) >= 11 is 0. The first kappa shape index (κ1) is 8.58. The van der Waals surface area contributed by atoms with Crippen LogP contribution in [0.15, 0.2) is 17.4 Å². The number of nitrogens with zero attached hydrogens (tertiary/aromatic N) is 3. The van der Waals surface area contributed by atoms with E-state index >= 15 is 0 Å². The van der Waals surface area contributed by atoms with Crippen molar-refractivity contribution in [2.45, 2.75) is 6.42 Å². The number of hydrogen-bond donors (Lipinski definition) is 2. The van der Waals surface area contributed by atoms with Crippen LogP contribution >= 0.6 is 0 Å². The molecular formula is C7H13N5. The Labute approximate surface area is 71.1 Å². The van der Waals surface area contributed by atoms with Crippen LogP contribution in [0.2, 0.25) is 0 Å². The van der Waals surface area contributed by atoms with Crippen molar-refractivity contribution in [3.63, 3.8) is 0 Å². The lowest BCUT2D eigenvalue weighted by Gasteiger charge is -1.98. The Morgan fingerprint density at radius 2 is 2.42 bits per heavy atom. The van der Waals surface area contributed by atoms with Gasteiger partial charge in [-0.25, -0.2) is 4.98 Å². The second-order valence-corrected chi connectivity index (χ2v) is 2.51. The summed E-state index contributed by atoms with van der Waals surface area (Å²) in [4.78, 5) is 7.98. The van der Waals surface area contributed by atoms with E-state index in [1.165, 1.54) is 0 Å². The number of aliphatic imine (C=N–C) groups is 1. The number of guanidine groups is 1. The Hall–Kier alpha value is -1.52. The van der Waals surface area contributed by atoms with E-state index in [0.29, 0.717) is 6.54 Å². The van der Waals surface area contributed by atoms with Gasteiger partial charge < -0.3 is 16.0 Å². The molecule has 0 aliphatic rings. The van der Waals surface area contributed by atoms with E-state index in [1.54, 1.807) is 6.20 Å². The van der Waals surface area contributed by atoms with E-state index in [9.17, 15) is 0 Å². The molecule has 0 spiro atoms. The van der Waals surface area contributed by atoms with E-state index in [0.717, 1.165) is 12.2 Å². The van der Waals surface area contributed by atoms with Gasteiger partial charge in [-0.2, -0.15) is 0 Å². The summed E-state index contributed by atoms with van der Waals surface area (Å²) < 4.78 is 1.95. The first-order valence-corrected chi connectivity index (χ1v) is 3.71. The Kier molecular flexibility index (Phi) is 2.68. The molecule has 0 aromatic carbocycles. The zero-order valence-electron chi connectivity index (χ0n) is 7.07. The molecule has 0 aliphatic carbocycles. The second-order valence-electron chi connectivity index (χ2n) is 2.51. The molecule has 5 nitrogen and oxygen atoms in total. The maximum Gasteiger partial charge on any atom is 0.185 e. The van der Waals surface area contributed by atoms with Crippen LogP contribution in [0, 0.1) is 0 Å². The van der Waals surface area contributed by atoms with Gasteiger partial charge >= 0.3 is 0 Å². The van der Waals surface area contributed by atoms with Gasteiger partial charge in [0.1, 0.15) is 5.82 Å². The number of imidazole rings is 1. The predicted octanol–water partition coefficient (Wildman–Crippen LogP) is -0.764. The number of hydrogen-bond acceptors (Lipinski definition) is 2. The van der Waals surface area contributed by atoms with Gasteiger partial charge in [0.05, 0.1) is 0 Å². The molecule has 1 rings (SSSR count). The van der Waals surface area contributed by atoms with Crippen molar-refractivity contribution < 1.29 is 0 Å². The zero-order valence-corrected chi connectivity index (χ0v) is 7.07. The second kappa shape index (κ2) is 3.75. The van der Waals surface area contributed by atoms with E-state index in [4.69, 9.17) is 11.5 Å². The van der Waals surface area contributed by atoms with Crippen LogP contribution in [0.4, 0.5) is 0 Å². The van der Waals surface area contributed by atoms with Gasteiger partial charge in [-0.1, -0.05) is 0 Å². The lowest BCUT2D eigenvalue weighted by atomic mass is 10.4. The molecule has 0 bridgehead atoms. The van der Waals surface area contributed by atoms with Crippen molar-refractivity contribution in [2.75, 3.05) is 6.54 Å². The maximum atomic E-state index is 5.17. The van der Waals surface area contributed by atoms with E-state index in [1.807, 2.05) is 17.8 Å². The average molecular weight is 167 g/mol. The third kappa shape index (κ3) is 2.26. The molecule has 1 aromatic heterocycles. The predicted molar refractivity (Wildman–Crippen MR) is 47.6 cm³/mol. The summed E-state index contributed by atoms with van der Waals surface area (Å²) in [6.07, 6.45) is 4.41. The molecular weight excluding hydrogens is 154 g/mol. The Bertz CT molecular complexity index is 271. The Morgan fingerprint density at radius 3 is 2.92 bits per heavy atom. The van der Waals surface area contributed by atoms with Crippen LogP contribution in [0.3, 0.4) is 0 Å². The van der Waals surface area contributed by atoms with Gasteiger partial charge in [-0.15, -0.1) is 0 Å². The molecule has 0 amide bonds. The molecule has 0 aliphatic heterocycles. The van der Waals surface area contributed by atoms with Crippen molar-refractivity contribution in [3.05, 3.63) is 18.2 Å². The summed E-state index contributed by atoms with van der Waals surface area (Å²) in [7, 11) is 1.94. The van der Waals surface area contributed by atoms with Crippen LogP contribution in [0.25, 0.3) is 0 Å². The smallest absolute Gasteiger partial charge is 0.185 e. The van der Waals surface area contributed by atoms with Gasteiger partial charge in [-0.3, -0.25) is 4.99 Å². The summed E-state index contributed by atoms with van der Waals surface area (Å²) in [5.74, 6) is 1.12. The Morgan fingerprint density at radius 1 is 1.67 bits per heavy atom. The molecule has 66 valence electrons. The van der Waals surface area contributed by atoms with Crippen molar-refractivity contribution in [2.24, 2.45) is 23.5 Å². The maximum absolute atomic E-state index is 5.17. The summed E-state index contributed by atoms with van der Waals surface area (Å²) in [6.45, 7) is 0.590. The van der Waals surface area contributed by atoms with Crippen LogP contribution in [0.1, 0.15) is 5.82 Å². The molecule has 0 saturated carbocycles. The van der Waals surface area contributed by atoms with E-state index < -0.39 is 0 Å². The van der Waals surface area contributed by atoms with Gasteiger partial charge in [-0.05, 0) is 0 Å². The molecule has 1 aromatic rings. The van der Waals surface area contributed by atoms with E-state index in [-0.39, 0.29) is 5.96 Å². The number of aryl methyl sites for hydroxylation is 1. The molecule has 0 atom stereocenters. The third-order valence-electron chi connectivity index (χ3n) is 1.55. The zero-order chi connectivity index (χ0) is 8.97. The highest BCUT2D eigenvalue weighted by molar-refractivity contribution is 5.75. The van der Waals surface area contributed by atoms with Gasteiger partial charge in [0.15, 0.2) is 5.96 Å². The lowest BCUT2D eigenvalue weighted by Crippen LogP contribution is -2.23. The fraction of sp³-hybridized carbons (Fsp3) is 0.429. The highest BCUT2D eigenvalue weighted by atomic mass is 15.0. The minimum absolute atomic E-state index is 0.129. The molecule has 0 fully saturated rings. The quantitative estimate of drug-likeness (QED) is 0.458. The minimum atomic E-state index is 0.129. The molecule has 0 saturated heterocycles. The van der Waals surface area contributed by atoms with Gasteiger partial charge in [0, 0.05) is 32.4 Å². The highest BCUT2D eigenvalue weighted by Gasteiger charge is 1.96.